The number of benzene rings is 1. The predicted octanol–water partition coefficient (Wildman–Crippen LogP) is 1.59. The first-order chi connectivity index (χ1) is 15.2. The van der Waals surface area contributed by atoms with E-state index in [1.165, 1.54) is 24.5 Å². The number of nitrogens with zero attached hydrogens (tertiary/aromatic N) is 1. The Morgan fingerprint density at radius 3 is 2.72 bits per heavy atom. The van der Waals surface area contributed by atoms with Gasteiger partial charge in [0.1, 0.15) is 11.3 Å². The number of pyridine rings is 1. The number of aromatic carboxylic acids is 1. The maximum absolute atomic E-state index is 12.6. The Bertz CT molecular complexity index is 1270. The molecule has 1 aliphatic heterocycles. The summed E-state index contributed by atoms with van der Waals surface area (Å²) in [6, 6.07) is 6.98. The van der Waals surface area contributed by atoms with Gasteiger partial charge >= 0.3 is 5.97 Å². The summed E-state index contributed by atoms with van der Waals surface area (Å²) in [6.45, 7) is 1.97. The maximum Gasteiger partial charge on any atom is 0.341 e. The number of aromatic hydroxyl groups is 1. The molecule has 2 unspecified atom stereocenters. The number of rotatable bonds is 3. The number of phenolic OH excluding ortho intramolecular Hbond substituents is 1. The molecule has 7 rings (SSSR count). The van der Waals surface area contributed by atoms with Gasteiger partial charge in [-0.3, -0.25) is 9.69 Å². The molecular weight excluding hydrogens is 408 g/mol. The number of likely N-dealkylation sites (tertiary alicyclic amines) is 1. The number of fused-ring (bicyclic) bond motifs is 3. The minimum Gasteiger partial charge on any atom is -0.508 e. The molecule has 2 spiro atoms. The van der Waals surface area contributed by atoms with E-state index in [9.17, 15) is 24.9 Å². The molecule has 166 valence electrons. The van der Waals surface area contributed by atoms with Crippen molar-refractivity contribution < 1.29 is 20.1 Å². The monoisotopic (exact) mass is 434 g/mol. The molecule has 2 bridgehead atoms. The van der Waals surface area contributed by atoms with Crippen LogP contribution in [0.3, 0.4) is 0 Å². The van der Waals surface area contributed by atoms with Gasteiger partial charge in [0.2, 0.25) is 0 Å². The van der Waals surface area contributed by atoms with Gasteiger partial charge in [0.15, 0.2) is 0 Å². The van der Waals surface area contributed by atoms with Crippen LogP contribution in [0.25, 0.3) is 0 Å². The molecule has 4 aliphatic carbocycles. The van der Waals surface area contributed by atoms with Crippen molar-refractivity contribution >= 4 is 5.97 Å². The van der Waals surface area contributed by atoms with Gasteiger partial charge < -0.3 is 20.3 Å². The lowest BCUT2D eigenvalue weighted by Gasteiger charge is -2.58. The summed E-state index contributed by atoms with van der Waals surface area (Å²) in [5, 5.41) is 32.4. The quantitative estimate of drug-likeness (QED) is 0.583. The van der Waals surface area contributed by atoms with Crippen LogP contribution in [0.5, 0.6) is 5.75 Å². The molecule has 0 amide bonds. The van der Waals surface area contributed by atoms with Crippen molar-refractivity contribution in [2.24, 2.45) is 11.3 Å². The summed E-state index contributed by atoms with van der Waals surface area (Å²) in [4.78, 5) is 29.3. The molecule has 7 heteroatoms. The molecule has 7 nitrogen and oxygen atoms in total. The smallest absolute Gasteiger partial charge is 0.341 e. The minimum absolute atomic E-state index is 0.00139. The lowest BCUT2D eigenvalue weighted by atomic mass is 9.58. The predicted molar refractivity (Wildman–Crippen MR) is 115 cm³/mol. The number of carboxylic acid groups (broad SMARTS) is 1. The molecule has 1 aromatic heterocycles. The average molecular weight is 434 g/mol. The van der Waals surface area contributed by atoms with Crippen molar-refractivity contribution in [3.63, 3.8) is 0 Å². The van der Waals surface area contributed by atoms with E-state index in [1.807, 2.05) is 6.07 Å². The van der Waals surface area contributed by atoms with Crippen LogP contribution < -0.4 is 5.56 Å². The van der Waals surface area contributed by atoms with Crippen LogP contribution in [0.1, 0.15) is 52.0 Å². The Balaban J connectivity index is 1.44. The number of aromatic nitrogens is 1. The summed E-state index contributed by atoms with van der Waals surface area (Å²) in [5.41, 5.74) is 1.00. The van der Waals surface area contributed by atoms with Gasteiger partial charge in [-0.25, -0.2) is 4.79 Å². The molecule has 3 fully saturated rings. The summed E-state index contributed by atoms with van der Waals surface area (Å²) in [6.07, 6.45) is 4.95. The minimum atomic E-state index is -1.25. The van der Waals surface area contributed by atoms with Crippen molar-refractivity contribution in [3.05, 3.63) is 62.6 Å². The Kier molecular flexibility index (Phi) is 3.33. The van der Waals surface area contributed by atoms with Gasteiger partial charge in [-0.15, -0.1) is 0 Å². The van der Waals surface area contributed by atoms with Crippen LogP contribution in [-0.4, -0.2) is 55.9 Å². The number of aliphatic hydroxyl groups is 1. The van der Waals surface area contributed by atoms with Gasteiger partial charge in [-0.2, -0.15) is 0 Å². The number of H-pyrrole nitrogens is 1. The van der Waals surface area contributed by atoms with Crippen molar-refractivity contribution in [3.8, 4) is 5.75 Å². The standard InChI is InChI=1S/C25H26N2O5/c28-16-4-3-14-7-23-11-24(18(14)6-16)9-19-15(5-17(21(30)31)20(29)26-19)8-25(24,32)22(23)27(12-23)10-13-1-2-13/h3-6,13,22,28,32H,1-2,7-12H2,(H,26,29)(H,30,31)/t22?,23?,24-,25+/m0/s1. The summed E-state index contributed by atoms with van der Waals surface area (Å²) in [5.74, 6) is -0.354. The molecule has 2 saturated carbocycles. The number of carboxylic acids is 1. The number of carbonyl (C=O) groups is 1. The van der Waals surface area contributed by atoms with Crippen molar-refractivity contribution in [2.45, 2.75) is 55.6 Å². The molecule has 2 aromatic rings. The van der Waals surface area contributed by atoms with Crippen LogP contribution >= 0.6 is 0 Å². The fourth-order valence-electron chi connectivity index (χ4n) is 7.98. The third-order valence-electron chi connectivity index (χ3n) is 9.12. The fourth-order valence-corrected chi connectivity index (χ4v) is 7.98. The first-order valence-electron chi connectivity index (χ1n) is 11.5. The van der Waals surface area contributed by atoms with Gasteiger partial charge in [0.25, 0.3) is 5.56 Å². The zero-order valence-electron chi connectivity index (χ0n) is 17.7. The third kappa shape index (κ3) is 2.14. The van der Waals surface area contributed by atoms with Crippen LogP contribution in [0, 0.1) is 11.3 Å². The normalized spacial score (nSPS) is 36.5. The van der Waals surface area contributed by atoms with Gasteiger partial charge in [-0.05, 0) is 66.5 Å². The first-order valence-corrected chi connectivity index (χ1v) is 11.5. The molecule has 5 aliphatic rings. The van der Waals surface area contributed by atoms with E-state index >= 15 is 0 Å². The highest BCUT2D eigenvalue weighted by Gasteiger charge is 2.78. The van der Waals surface area contributed by atoms with E-state index in [0.29, 0.717) is 24.5 Å². The number of hydrogen-bond acceptors (Lipinski definition) is 5. The Hall–Kier alpha value is -2.64. The summed E-state index contributed by atoms with van der Waals surface area (Å²) < 4.78 is 0. The molecule has 2 heterocycles. The van der Waals surface area contributed by atoms with Crippen molar-refractivity contribution in [1.29, 1.82) is 0 Å². The lowest BCUT2D eigenvalue weighted by Crippen LogP contribution is -2.71. The second kappa shape index (κ2) is 5.64. The fraction of sp³-hybridized carbons (Fsp3) is 0.520. The number of nitrogens with one attached hydrogen (secondary N) is 1. The van der Waals surface area contributed by atoms with E-state index < -0.39 is 22.5 Å². The maximum atomic E-state index is 12.6. The highest BCUT2D eigenvalue weighted by atomic mass is 16.4. The second-order valence-corrected chi connectivity index (χ2v) is 11.0. The highest BCUT2D eigenvalue weighted by Crippen LogP contribution is 2.70. The average Bonchev–Trinajstić information content (AvgIpc) is 3.50. The molecule has 1 aromatic carbocycles. The Labute approximate surface area is 184 Å². The Morgan fingerprint density at radius 1 is 1.16 bits per heavy atom. The highest BCUT2D eigenvalue weighted by molar-refractivity contribution is 5.87. The van der Waals surface area contributed by atoms with Crippen molar-refractivity contribution in [2.75, 3.05) is 13.1 Å². The largest absolute Gasteiger partial charge is 0.508 e. The van der Waals surface area contributed by atoms with Crippen LogP contribution in [0.15, 0.2) is 29.1 Å². The molecule has 4 atom stereocenters. The number of hydrogen-bond donors (Lipinski definition) is 4. The van der Waals surface area contributed by atoms with Crippen LogP contribution in [0.4, 0.5) is 0 Å². The van der Waals surface area contributed by atoms with E-state index in [4.69, 9.17) is 0 Å². The topological polar surface area (TPSA) is 114 Å². The van der Waals surface area contributed by atoms with E-state index in [-0.39, 0.29) is 22.8 Å². The number of phenols is 1. The van der Waals surface area contributed by atoms with E-state index in [1.54, 1.807) is 12.1 Å². The van der Waals surface area contributed by atoms with Gasteiger partial charge in [0.05, 0.1) is 5.60 Å². The third-order valence-corrected chi connectivity index (χ3v) is 9.12. The van der Waals surface area contributed by atoms with Crippen molar-refractivity contribution in [1.82, 2.24) is 9.88 Å². The van der Waals surface area contributed by atoms with Crippen LogP contribution in [0.2, 0.25) is 0 Å². The molecule has 4 N–H and O–H groups in total. The molecule has 0 radical (unpaired) electrons. The number of aromatic amines is 1. The second-order valence-electron chi connectivity index (χ2n) is 11.0. The van der Waals surface area contributed by atoms with Gasteiger partial charge in [0, 0.05) is 48.5 Å². The molecular formula is C25H26N2O5. The Morgan fingerprint density at radius 2 is 1.97 bits per heavy atom. The van der Waals surface area contributed by atoms with Crippen LogP contribution in [-0.2, 0) is 24.7 Å². The van der Waals surface area contributed by atoms with E-state index in [2.05, 4.69) is 9.88 Å². The summed E-state index contributed by atoms with van der Waals surface area (Å²) in [7, 11) is 0. The molecule has 32 heavy (non-hydrogen) atoms. The first kappa shape index (κ1) is 18.9. The summed E-state index contributed by atoms with van der Waals surface area (Å²) >= 11 is 0. The lowest BCUT2D eigenvalue weighted by molar-refractivity contribution is -0.148. The SMILES string of the molecule is O=C(O)c1cc2c([nH]c1=O)C[C@]13CC4(Cc5ccc(O)cc51)CN(CC1CC1)C4[C@]3(O)C2. The molecule has 1 saturated heterocycles. The zero-order chi connectivity index (χ0) is 22.0. The van der Waals surface area contributed by atoms with Gasteiger partial charge in [-0.1, -0.05) is 6.07 Å². The zero-order valence-corrected chi connectivity index (χ0v) is 17.7. The van der Waals surface area contributed by atoms with E-state index in [0.717, 1.165) is 37.1 Å².